The minimum absolute atomic E-state index is 0.0685. The number of aryl methyl sites for hydroxylation is 1. The third kappa shape index (κ3) is 2.79. The van der Waals surface area contributed by atoms with Crippen LogP contribution in [0.5, 0.6) is 0 Å². The van der Waals surface area contributed by atoms with Crippen LogP contribution in [-0.4, -0.2) is 4.98 Å². The van der Waals surface area contributed by atoms with Crippen LogP contribution in [0.2, 0.25) is 0 Å². The van der Waals surface area contributed by atoms with E-state index in [9.17, 15) is 0 Å². The second kappa shape index (κ2) is 6.04. The van der Waals surface area contributed by atoms with Crippen LogP contribution >= 0.6 is 0 Å². The number of aromatic nitrogens is 1. The largest absolute Gasteiger partial charge is 0.271 e. The third-order valence-corrected chi connectivity index (χ3v) is 3.94. The molecule has 3 heteroatoms. The predicted octanol–water partition coefficient (Wildman–Crippen LogP) is 3.29. The van der Waals surface area contributed by atoms with Crippen LogP contribution in [0.4, 0.5) is 0 Å². The molecule has 3 nitrogen and oxygen atoms in total. The number of hydrogen-bond acceptors (Lipinski definition) is 3. The van der Waals surface area contributed by atoms with Crippen LogP contribution in [0.3, 0.4) is 0 Å². The fraction of sp³-hybridized carbons (Fsp3) is 0.167. The van der Waals surface area contributed by atoms with Gasteiger partial charge in [-0.15, -0.1) is 0 Å². The zero-order valence-electron chi connectivity index (χ0n) is 12.1. The van der Waals surface area contributed by atoms with Crippen molar-refractivity contribution in [2.45, 2.75) is 19.4 Å². The van der Waals surface area contributed by atoms with Crippen molar-refractivity contribution < 1.29 is 0 Å². The highest BCUT2D eigenvalue weighted by atomic mass is 15.2. The molecule has 1 unspecified atom stereocenters. The predicted molar refractivity (Wildman–Crippen MR) is 86.7 cm³/mol. The number of hydrazine groups is 1. The minimum Gasteiger partial charge on any atom is -0.271 e. The van der Waals surface area contributed by atoms with Gasteiger partial charge in [-0.2, -0.15) is 0 Å². The van der Waals surface area contributed by atoms with Crippen molar-refractivity contribution in [2.75, 3.05) is 0 Å². The van der Waals surface area contributed by atoms with E-state index >= 15 is 0 Å². The van der Waals surface area contributed by atoms with E-state index in [1.54, 1.807) is 0 Å². The molecule has 0 saturated carbocycles. The minimum atomic E-state index is 0.0685. The van der Waals surface area contributed by atoms with E-state index in [2.05, 4.69) is 53.7 Å². The van der Waals surface area contributed by atoms with Crippen LogP contribution in [0.15, 0.2) is 60.8 Å². The lowest BCUT2D eigenvalue weighted by Gasteiger charge is -2.19. The molecule has 0 aliphatic rings. The molecule has 0 spiro atoms. The van der Waals surface area contributed by atoms with Gasteiger partial charge in [-0.1, -0.05) is 42.5 Å². The van der Waals surface area contributed by atoms with Crippen molar-refractivity contribution in [3.63, 3.8) is 0 Å². The van der Waals surface area contributed by atoms with E-state index in [0.29, 0.717) is 0 Å². The van der Waals surface area contributed by atoms with Gasteiger partial charge in [0.1, 0.15) is 0 Å². The molecule has 0 fully saturated rings. The van der Waals surface area contributed by atoms with Gasteiger partial charge < -0.3 is 0 Å². The Kier molecular flexibility index (Phi) is 3.95. The Morgan fingerprint density at radius 3 is 2.71 bits per heavy atom. The maximum absolute atomic E-state index is 5.82. The van der Waals surface area contributed by atoms with E-state index in [1.807, 2.05) is 24.4 Å². The fourth-order valence-electron chi connectivity index (χ4n) is 2.75. The summed E-state index contributed by atoms with van der Waals surface area (Å²) in [5.41, 5.74) is 7.74. The molecule has 0 amide bonds. The number of nitrogens with zero attached hydrogens (tertiary/aromatic N) is 1. The van der Waals surface area contributed by atoms with Crippen molar-refractivity contribution in [3.05, 3.63) is 77.5 Å². The highest BCUT2D eigenvalue weighted by molar-refractivity contribution is 5.82. The molecule has 1 aromatic heterocycles. The number of hydrogen-bond donors (Lipinski definition) is 2. The fourth-order valence-corrected chi connectivity index (χ4v) is 2.75. The molecule has 0 aliphatic heterocycles. The first-order chi connectivity index (χ1) is 10.3. The van der Waals surface area contributed by atoms with Gasteiger partial charge in [0.2, 0.25) is 0 Å². The van der Waals surface area contributed by atoms with Gasteiger partial charge in [0.05, 0.1) is 11.6 Å². The van der Waals surface area contributed by atoms with Gasteiger partial charge in [-0.3, -0.25) is 16.3 Å². The second-order valence-corrected chi connectivity index (χ2v) is 5.27. The molecule has 106 valence electrons. The quantitative estimate of drug-likeness (QED) is 0.568. The first-order valence-electron chi connectivity index (χ1n) is 7.14. The van der Waals surface area contributed by atoms with Crippen LogP contribution < -0.4 is 11.3 Å². The molecular formula is C18H19N3. The Labute approximate surface area is 124 Å². The molecule has 0 saturated heterocycles. The number of benzene rings is 2. The summed E-state index contributed by atoms with van der Waals surface area (Å²) >= 11 is 0. The monoisotopic (exact) mass is 277 g/mol. The van der Waals surface area contributed by atoms with E-state index in [-0.39, 0.29) is 6.04 Å². The average molecular weight is 277 g/mol. The molecule has 0 bridgehead atoms. The zero-order chi connectivity index (χ0) is 14.7. The second-order valence-electron chi connectivity index (χ2n) is 5.27. The van der Waals surface area contributed by atoms with Crippen molar-refractivity contribution in [1.82, 2.24) is 10.4 Å². The first kappa shape index (κ1) is 13.7. The summed E-state index contributed by atoms with van der Waals surface area (Å²) in [4.78, 5) is 4.41. The summed E-state index contributed by atoms with van der Waals surface area (Å²) in [7, 11) is 0. The molecule has 3 rings (SSSR count). The van der Waals surface area contributed by atoms with E-state index in [1.165, 1.54) is 16.7 Å². The molecule has 1 heterocycles. The summed E-state index contributed by atoms with van der Waals surface area (Å²) in [6.45, 7) is 2.13. The number of pyridine rings is 1. The van der Waals surface area contributed by atoms with Gasteiger partial charge in [0, 0.05) is 11.6 Å². The average Bonchev–Trinajstić information content (AvgIpc) is 2.54. The lowest BCUT2D eigenvalue weighted by molar-refractivity contribution is 0.554. The van der Waals surface area contributed by atoms with Gasteiger partial charge in [-0.05, 0) is 42.2 Å². The number of nitrogens with two attached hydrogens (primary N) is 1. The van der Waals surface area contributed by atoms with E-state index < -0.39 is 0 Å². The van der Waals surface area contributed by atoms with E-state index in [0.717, 1.165) is 17.3 Å². The molecule has 3 aromatic rings. The Balaban J connectivity index is 2.01. The van der Waals surface area contributed by atoms with Crippen molar-refractivity contribution >= 4 is 10.9 Å². The molecular weight excluding hydrogens is 258 g/mol. The van der Waals surface area contributed by atoms with Gasteiger partial charge >= 0.3 is 0 Å². The van der Waals surface area contributed by atoms with E-state index in [4.69, 9.17) is 5.84 Å². The maximum Gasteiger partial charge on any atom is 0.0705 e. The third-order valence-electron chi connectivity index (χ3n) is 3.94. The highest BCUT2D eigenvalue weighted by Gasteiger charge is 2.14. The SMILES string of the molecule is Cc1ccccc1CC(NN)c1cccc2ncccc12. The van der Waals surface area contributed by atoms with Crippen molar-refractivity contribution in [1.29, 1.82) is 0 Å². The summed E-state index contributed by atoms with van der Waals surface area (Å²) in [5, 5.41) is 1.15. The van der Waals surface area contributed by atoms with Crippen LogP contribution in [0, 0.1) is 6.92 Å². The normalized spacial score (nSPS) is 12.5. The summed E-state index contributed by atoms with van der Waals surface area (Å²) in [6.07, 6.45) is 2.68. The lowest BCUT2D eigenvalue weighted by atomic mass is 9.94. The smallest absolute Gasteiger partial charge is 0.0705 e. The van der Waals surface area contributed by atoms with Gasteiger partial charge in [0.25, 0.3) is 0 Å². The highest BCUT2D eigenvalue weighted by Crippen LogP contribution is 2.26. The first-order valence-corrected chi connectivity index (χ1v) is 7.14. The van der Waals surface area contributed by atoms with Gasteiger partial charge in [-0.25, -0.2) is 0 Å². The molecule has 3 N–H and O–H groups in total. The summed E-state index contributed by atoms with van der Waals surface area (Å²) in [5.74, 6) is 5.82. The molecule has 2 aromatic carbocycles. The maximum atomic E-state index is 5.82. The molecule has 21 heavy (non-hydrogen) atoms. The standard InChI is InChI=1S/C18H19N3/c1-13-6-2-3-7-14(13)12-18(21-19)16-8-4-10-17-15(16)9-5-11-20-17/h2-11,18,21H,12,19H2,1H3. The van der Waals surface area contributed by atoms with Gasteiger partial charge in [0.15, 0.2) is 0 Å². The van der Waals surface area contributed by atoms with Crippen molar-refractivity contribution in [3.8, 4) is 0 Å². The molecule has 1 atom stereocenters. The number of rotatable bonds is 4. The summed E-state index contributed by atoms with van der Waals surface area (Å²) < 4.78 is 0. The topological polar surface area (TPSA) is 50.9 Å². The zero-order valence-corrected chi connectivity index (χ0v) is 12.1. The number of nitrogens with one attached hydrogen (secondary N) is 1. The summed E-state index contributed by atoms with van der Waals surface area (Å²) in [6, 6.07) is 18.7. The Morgan fingerprint density at radius 2 is 1.90 bits per heavy atom. The van der Waals surface area contributed by atoms with Crippen LogP contribution in [0.1, 0.15) is 22.7 Å². The molecule has 0 aliphatic carbocycles. The number of fused-ring (bicyclic) bond motifs is 1. The molecule has 0 radical (unpaired) electrons. The Morgan fingerprint density at radius 1 is 1.05 bits per heavy atom. The lowest BCUT2D eigenvalue weighted by Crippen LogP contribution is -2.30. The Hall–Kier alpha value is -2.23. The van der Waals surface area contributed by atoms with Crippen LogP contribution in [0.25, 0.3) is 10.9 Å². The van der Waals surface area contributed by atoms with Crippen molar-refractivity contribution in [2.24, 2.45) is 5.84 Å². The van der Waals surface area contributed by atoms with Crippen LogP contribution in [-0.2, 0) is 6.42 Å². The Bertz CT molecular complexity index is 747.